The van der Waals surface area contributed by atoms with Crippen molar-refractivity contribution in [2.45, 2.75) is 13.2 Å². The second-order valence-electron chi connectivity index (χ2n) is 4.32. The number of nitrogens with zero attached hydrogens (tertiary/aromatic N) is 1. The van der Waals surface area contributed by atoms with Crippen molar-refractivity contribution in [3.63, 3.8) is 0 Å². The number of nitro groups is 1. The van der Waals surface area contributed by atoms with Gasteiger partial charge in [0.2, 0.25) is 0 Å². The molecule has 6 heteroatoms. The molecule has 0 atom stereocenters. The van der Waals surface area contributed by atoms with E-state index in [-0.39, 0.29) is 24.7 Å². The Balaban J connectivity index is 2.24. The van der Waals surface area contributed by atoms with E-state index in [4.69, 9.17) is 14.6 Å². The molecule has 2 aromatic rings. The molecular weight excluding hydrogens is 274 g/mol. The molecule has 2 rings (SSSR count). The second-order valence-corrected chi connectivity index (χ2v) is 4.32. The van der Waals surface area contributed by atoms with Crippen molar-refractivity contribution in [3.05, 3.63) is 63.7 Å². The van der Waals surface area contributed by atoms with Gasteiger partial charge in [-0.15, -0.1) is 0 Å². The molecule has 0 aliphatic carbocycles. The van der Waals surface area contributed by atoms with Gasteiger partial charge in [0.1, 0.15) is 12.4 Å². The van der Waals surface area contributed by atoms with E-state index in [1.54, 1.807) is 13.2 Å². The molecule has 0 amide bonds. The summed E-state index contributed by atoms with van der Waals surface area (Å²) < 4.78 is 10.7. The van der Waals surface area contributed by atoms with Crippen LogP contribution in [0.1, 0.15) is 11.1 Å². The van der Waals surface area contributed by atoms with E-state index in [1.807, 2.05) is 18.2 Å². The maximum absolute atomic E-state index is 11.0. The lowest BCUT2D eigenvalue weighted by molar-refractivity contribution is -0.386. The molecule has 0 fully saturated rings. The third kappa shape index (κ3) is 3.49. The van der Waals surface area contributed by atoms with Gasteiger partial charge in [0.25, 0.3) is 0 Å². The van der Waals surface area contributed by atoms with Crippen LogP contribution in [-0.2, 0) is 13.2 Å². The molecule has 110 valence electrons. The molecule has 0 heterocycles. The lowest BCUT2D eigenvalue weighted by Gasteiger charge is -2.11. The number of rotatable bonds is 6. The monoisotopic (exact) mass is 289 g/mol. The Labute approximate surface area is 121 Å². The average molecular weight is 289 g/mol. The van der Waals surface area contributed by atoms with Gasteiger partial charge in [-0.25, -0.2) is 0 Å². The first-order chi connectivity index (χ1) is 10.2. The van der Waals surface area contributed by atoms with Crippen LogP contribution in [0.5, 0.6) is 11.5 Å². The molecule has 0 aromatic heterocycles. The van der Waals surface area contributed by atoms with Crippen molar-refractivity contribution < 1.29 is 19.5 Å². The minimum atomic E-state index is -0.515. The summed E-state index contributed by atoms with van der Waals surface area (Å²) in [6.45, 7) is -0.0667. The molecule has 0 saturated carbocycles. The molecule has 0 bridgehead atoms. The maximum Gasteiger partial charge on any atom is 0.310 e. The highest BCUT2D eigenvalue weighted by Crippen LogP contribution is 2.29. The number of aliphatic hydroxyl groups excluding tert-OH is 1. The van der Waals surface area contributed by atoms with Gasteiger partial charge in [0.05, 0.1) is 18.6 Å². The Kier molecular flexibility index (Phi) is 4.73. The highest BCUT2D eigenvalue weighted by molar-refractivity contribution is 5.48. The van der Waals surface area contributed by atoms with Gasteiger partial charge in [0.15, 0.2) is 5.75 Å². The zero-order chi connectivity index (χ0) is 15.2. The van der Waals surface area contributed by atoms with Crippen molar-refractivity contribution in [1.82, 2.24) is 0 Å². The van der Waals surface area contributed by atoms with Crippen LogP contribution in [0.3, 0.4) is 0 Å². The van der Waals surface area contributed by atoms with Crippen molar-refractivity contribution in [3.8, 4) is 11.5 Å². The largest absolute Gasteiger partial charge is 0.496 e. The number of nitro benzene ring substituents is 1. The summed E-state index contributed by atoms with van der Waals surface area (Å²) in [5.41, 5.74) is 1.20. The van der Waals surface area contributed by atoms with E-state index < -0.39 is 4.92 Å². The Bertz CT molecular complexity index is 642. The SMILES string of the molecule is COc1ccccc1COc1cc(CO)ccc1[N+](=O)[O-]. The highest BCUT2D eigenvalue weighted by Gasteiger charge is 2.16. The lowest BCUT2D eigenvalue weighted by Crippen LogP contribution is -2.01. The van der Waals surface area contributed by atoms with Crippen LogP contribution in [-0.4, -0.2) is 17.1 Å². The lowest BCUT2D eigenvalue weighted by atomic mass is 10.2. The topological polar surface area (TPSA) is 81.8 Å². The van der Waals surface area contributed by atoms with Crippen LogP contribution in [0.2, 0.25) is 0 Å². The number of hydrogen-bond acceptors (Lipinski definition) is 5. The molecule has 0 aliphatic heterocycles. The number of ether oxygens (including phenoxy) is 2. The van der Waals surface area contributed by atoms with Crippen LogP contribution in [0.4, 0.5) is 5.69 Å². The number of aliphatic hydroxyl groups is 1. The summed E-state index contributed by atoms with van der Waals surface area (Å²) in [5.74, 6) is 0.774. The second kappa shape index (κ2) is 6.71. The Morgan fingerprint density at radius 3 is 2.62 bits per heavy atom. The fourth-order valence-corrected chi connectivity index (χ4v) is 1.90. The molecule has 0 aliphatic rings. The zero-order valence-electron chi connectivity index (χ0n) is 11.5. The summed E-state index contributed by atoms with van der Waals surface area (Å²) >= 11 is 0. The normalized spacial score (nSPS) is 10.2. The Morgan fingerprint density at radius 1 is 1.19 bits per heavy atom. The van der Waals surface area contributed by atoms with E-state index in [2.05, 4.69) is 0 Å². The highest BCUT2D eigenvalue weighted by atomic mass is 16.6. The maximum atomic E-state index is 11.0. The summed E-state index contributed by atoms with van der Waals surface area (Å²) in [6.07, 6.45) is 0. The van der Waals surface area contributed by atoms with Gasteiger partial charge >= 0.3 is 5.69 Å². The number of benzene rings is 2. The average Bonchev–Trinajstić information content (AvgIpc) is 2.52. The standard InChI is InChI=1S/C15H15NO5/c1-20-14-5-3-2-4-12(14)10-21-15-8-11(9-17)6-7-13(15)16(18)19/h2-8,17H,9-10H2,1H3. The van der Waals surface area contributed by atoms with E-state index in [1.165, 1.54) is 18.2 Å². The summed E-state index contributed by atoms with van der Waals surface area (Å²) in [5, 5.41) is 20.1. The molecule has 0 radical (unpaired) electrons. The van der Waals surface area contributed by atoms with Crippen LogP contribution < -0.4 is 9.47 Å². The van der Waals surface area contributed by atoms with Crippen LogP contribution in [0.15, 0.2) is 42.5 Å². The van der Waals surface area contributed by atoms with Crippen LogP contribution in [0.25, 0.3) is 0 Å². The summed E-state index contributed by atoms with van der Waals surface area (Å²) in [6, 6.07) is 11.6. The van der Waals surface area contributed by atoms with E-state index in [0.717, 1.165) is 5.56 Å². The fourth-order valence-electron chi connectivity index (χ4n) is 1.90. The van der Waals surface area contributed by atoms with Crippen molar-refractivity contribution >= 4 is 5.69 Å². The molecule has 1 N–H and O–H groups in total. The molecule has 2 aromatic carbocycles. The van der Waals surface area contributed by atoms with E-state index in [9.17, 15) is 10.1 Å². The predicted molar refractivity (Wildman–Crippen MR) is 76.3 cm³/mol. The van der Waals surface area contributed by atoms with Crippen LogP contribution in [0, 0.1) is 10.1 Å². The first-order valence-electron chi connectivity index (χ1n) is 6.28. The molecule has 0 unspecified atom stereocenters. The molecular formula is C15H15NO5. The molecule has 21 heavy (non-hydrogen) atoms. The first-order valence-corrected chi connectivity index (χ1v) is 6.28. The number of methoxy groups -OCH3 is 1. The van der Waals surface area contributed by atoms with Gasteiger partial charge in [-0.3, -0.25) is 10.1 Å². The third-order valence-electron chi connectivity index (χ3n) is 2.98. The van der Waals surface area contributed by atoms with Crippen molar-refractivity contribution in [2.75, 3.05) is 7.11 Å². The summed E-state index contributed by atoms with van der Waals surface area (Å²) in [4.78, 5) is 10.5. The van der Waals surface area contributed by atoms with E-state index >= 15 is 0 Å². The van der Waals surface area contributed by atoms with Gasteiger partial charge < -0.3 is 14.6 Å². The van der Waals surface area contributed by atoms with Gasteiger partial charge in [-0.1, -0.05) is 18.2 Å². The van der Waals surface area contributed by atoms with Crippen molar-refractivity contribution in [1.29, 1.82) is 0 Å². The number of para-hydroxylation sites is 1. The zero-order valence-corrected chi connectivity index (χ0v) is 11.5. The van der Waals surface area contributed by atoms with Gasteiger partial charge in [0, 0.05) is 11.6 Å². The Hall–Kier alpha value is -2.60. The minimum absolute atomic E-state index is 0.123. The minimum Gasteiger partial charge on any atom is -0.496 e. The molecule has 0 spiro atoms. The van der Waals surface area contributed by atoms with E-state index in [0.29, 0.717) is 11.3 Å². The first kappa shape index (κ1) is 14.8. The summed E-state index contributed by atoms with van der Waals surface area (Å²) in [7, 11) is 1.55. The van der Waals surface area contributed by atoms with Gasteiger partial charge in [-0.05, 0) is 23.8 Å². The number of hydrogen-bond donors (Lipinski definition) is 1. The quantitative estimate of drug-likeness (QED) is 0.653. The predicted octanol–water partition coefficient (Wildman–Crippen LogP) is 2.67. The molecule has 6 nitrogen and oxygen atoms in total. The fraction of sp³-hybridized carbons (Fsp3) is 0.200. The van der Waals surface area contributed by atoms with Gasteiger partial charge in [-0.2, -0.15) is 0 Å². The van der Waals surface area contributed by atoms with Crippen LogP contribution >= 0.6 is 0 Å². The third-order valence-corrected chi connectivity index (χ3v) is 2.98. The molecule has 0 saturated heterocycles. The smallest absolute Gasteiger partial charge is 0.310 e. The Morgan fingerprint density at radius 2 is 1.95 bits per heavy atom. The van der Waals surface area contributed by atoms with Crippen molar-refractivity contribution in [2.24, 2.45) is 0 Å².